The van der Waals surface area contributed by atoms with Gasteiger partial charge in [-0.3, -0.25) is 9.59 Å². The monoisotopic (exact) mass is 325 g/mol. The number of benzene rings is 2. The molecule has 0 aliphatic heterocycles. The van der Waals surface area contributed by atoms with E-state index < -0.39 is 5.97 Å². The Bertz CT molecular complexity index is 962. The Morgan fingerprint density at radius 3 is 2.58 bits per heavy atom. The Morgan fingerprint density at radius 1 is 1.04 bits per heavy atom. The molecule has 2 aromatic carbocycles. The third kappa shape index (κ3) is 3.35. The fraction of sp³-hybridized carbons (Fsp3) is 0.158. The van der Waals surface area contributed by atoms with Gasteiger partial charge in [-0.1, -0.05) is 24.3 Å². The van der Waals surface area contributed by atoms with Crippen LogP contribution in [0.3, 0.4) is 0 Å². The van der Waals surface area contributed by atoms with Crippen LogP contribution < -0.4 is 5.43 Å². The largest absolute Gasteiger partial charge is 0.480 e. The minimum Gasteiger partial charge on any atom is -0.480 e. The number of rotatable bonds is 5. The summed E-state index contributed by atoms with van der Waals surface area (Å²) >= 11 is 0. The molecule has 0 spiro atoms. The van der Waals surface area contributed by atoms with Gasteiger partial charge in [0.2, 0.25) is 0 Å². The van der Waals surface area contributed by atoms with Crippen molar-refractivity contribution in [1.82, 2.24) is 4.57 Å². The number of aryl methyl sites for hydroxylation is 2. The van der Waals surface area contributed by atoms with Gasteiger partial charge < -0.3 is 9.67 Å². The molecule has 0 fully saturated rings. The maximum absolute atomic E-state index is 13.3. The molecule has 3 rings (SSSR count). The lowest BCUT2D eigenvalue weighted by molar-refractivity contribution is -0.137. The van der Waals surface area contributed by atoms with E-state index in [0.717, 1.165) is 5.56 Å². The van der Waals surface area contributed by atoms with Crippen LogP contribution in [0.1, 0.15) is 11.3 Å². The average Bonchev–Trinajstić information content (AvgIpc) is 2.56. The van der Waals surface area contributed by atoms with Crippen molar-refractivity contribution >= 4 is 16.9 Å². The number of carboxylic acids is 1. The van der Waals surface area contributed by atoms with Crippen molar-refractivity contribution in [2.75, 3.05) is 0 Å². The maximum Gasteiger partial charge on any atom is 0.323 e. The van der Waals surface area contributed by atoms with Crippen molar-refractivity contribution in [2.24, 2.45) is 0 Å². The molecular formula is C19H16FNO3. The van der Waals surface area contributed by atoms with E-state index in [0.29, 0.717) is 29.4 Å². The van der Waals surface area contributed by atoms with Gasteiger partial charge in [0.05, 0.1) is 5.52 Å². The molecule has 122 valence electrons. The quantitative estimate of drug-likeness (QED) is 0.784. The van der Waals surface area contributed by atoms with E-state index in [1.807, 2.05) is 6.07 Å². The van der Waals surface area contributed by atoms with E-state index in [1.54, 1.807) is 34.9 Å². The lowest BCUT2D eigenvalue weighted by Crippen LogP contribution is -2.19. The van der Waals surface area contributed by atoms with Crippen LogP contribution in [0.15, 0.2) is 59.4 Å². The third-order valence-corrected chi connectivity index (χ3v) is 3.96. The number of aromatic nitrogens is 1. The number of pyridine rings is 1. The number of hydrogen-bond acceptors (Lipinski definition) is 2. The number of aliphatic carboxylic acids is 1. The van der Waals surface area contributed by atoms with Crippen molar-refractivity contribution < 1.29 is 14.3 Å². The highest BCUT2D eigenvalue weighted by Gasteiger charge is 2.11. The fourth-order valence-corrected chi connectivity index (χ4v) is 2.87. The SMILES string of the molecule is O=C(O)Cn1c(CCc2cccc(F)c2)cc(=O)c2ccccc21. The zero-order valence-corrected chi connectivity index (χ0v) is 12.9. The number of para-hydroxylation sites is 1. The molecule has 3 aromatic rings. The zero-order valence-electron chi connectivity index (χ0n) is 12.9. The summed E-state index contributed by atoms with van der Waals surface area (Å²) in [5, 5.41) is 9.69. The summed E-state index contributed by atoms with van der Waals surface area (Å²) in [7, 11) is 0. The van der Waals surface area contributed by atoms with Gasteiger partial charge in [-0.15, -0.1) is 0 Å². The second kappa shape index (κ2) is 6.66. The Morgan fingerprint density at radius 2 is 1.83 bits per heavy atom. The highest BCUT2D eigenvalue weighted by atomic mass is 19.1. The number of nitrogens with zero attached hydrogens (tertiary/aromatic N) is 1. The lowest BCUT2D eigenvalue weighted by Gasteiger charge is -2.15. The molecule has 0 bridgehead atoms. The molecule has 1 aromatic heterocycles. The van der Waals surface area contributed by atoms with Crippen LogP contribution >= 0.6 is 0 Å². The summed E-state index contributed by atoms with van der Waals surface area (Å²) in [6, 6.07) is 14.7. The smallest absolute Gasteiger partial charge is 0.323 e. The molecule has 1 heterocycles. The Hall–Kier alpha value is -2.95. The van der Waals surface area contributed by atoms with Crippen LogP contribution in [0.5, 0.6) is 0 Å². The molecule has 1 N–H and O–H groups in total. The van der Waals surface area contributed by atoms with E-state index in [9.17, 15) is 19.1 Å². The van der Waals surface area contributed by atoms with Crippen LogP contribution in [0.4, 0.5) is 4.39 Å². The molecule has 5 heteroatoms. The van der Waals surface area contributed by atoms with E-state index in [-0.39, 0.29) is 17.8 Å². The van der Waals surface area contributed by atoms with Gasteiger partial charge in [0.25, 0.3) is 0 Å². The van der Waals surface area contributed by atoms with Crippen LogP contribution in [0.25, 0.3) is 10.9 Å². The molecule has 0 radical (unpaired) electrons. The first kappa shape index (κ1) is 15.9. The molecule has 0 aliphatic rings. The van der Waals surface area contributed by atoms with Gasteiger partial charge >= 0.3 is 5.97 Å². The van der Waals surface area contributed by atoms with Gasteiger partial charge in [0, 0.05) is 17.1 Å². The highest BCUT2D eigenvalue weighted by Crippen LogP contribution is 2.15. The second-order valence-electron chi connectivity index (χ2n) is 5.63. The molecule has 0 unspecified atom stereocenters. The molecule has 0 aliphatic carbocycles. The summed E-state index contributed by atoms with van der Waals surface area (Å²) in [6.45, 7) is -0.223. The molecule has 0 saturated heterocycles. The first-order valence-corrected chi connectivity index (χ1v) is 7.62. The first-order chi connectivity index (χ1) is 11.5. The number of fused-ring (bicyclic) bond motifs is 1. The molecular weight excluding hydrogens is 309 g/mol. The van der Waals surface area contributed by atoms with Gasteiger partial charge in [-0.2, -0.15) is 0 Å². The van der Waals surface area contributed by atoms with Crippen LogP contribution in [0.2, 0.25) is 0 Å². The normalized spacial score (nSPS) is 10.9. The number of carboxylic acid groups (broad SMARTS) is 1. The molecule has 0 atom stereocenters. The summed E-state index contributed by atoms with van der Waals surface area (Å²) < 4.78 is 14.9. The summed E-state index contributed by atoms with van der Waals surface area (Å²) in [6.07, 6.45) is 0.978. The highest BCUT2D eigenvalue weighted by molar-refractivity contribution is 5.81. The van der Waals surface area contributed by atoms with Gasteiger partial charge in [0.15, 0.2) is 5.43 Å². The predicted octanol–water partition coefficient (Wildman–Crippen LogP) is 3.01. The predicted molar refractivity (Wildman–Crippen MR) is 89.7 cm³/mol. The van der Waals surface area contributed by atoms with Crippen molar-refractivity contribution in [3.63, 3.8) is 0 Å². The van der Waals surface area contributed by atoms with Crippen molar-refractivity contribution in [2.45, 2.75) is 19.4 Å². The number of carbonyl (C=O) groups is 1. The summed E-state index contributed by atoms with van der Waals surface area (Å²) in [5.74, 6) is -1.29. The van der Waals surface area contributed by atoms with Crippen molar-refractivity contribution in [3.05, 3.63) is 81.9 Å². The Kier molecular flexibility index (Phi) is 4.42. The number of hydrogen-bond donors (Lipinski definition) is 1. The van der Waals surface area contributed by atoms with E-state index >= 15 is 0 Å². The van der Waals surface area contributed by atoms with Crippen LogP contribution in [-0.4, -0.2) is 15.6 Å². The zero-order chi connectivity index (χ0) is 17.1. The summed E-state index contributed by atoms with van der Waals surface area (Å²) in [4.78, 5) is 23.5. The van der Waals surface area contributed by atoms with Gasteiger partial charge in [0.1, 0.15) is 12.4 Å². The van der Waals surface area contributed by atoms with E-state index in [4.69, 9.17) is 0 Å². The average molecular weight is 325 g/mol. The van der Waals surface area contributed by atoms with Gasteiger partial charge in [-0.25, -0.2) is 4.39 Å². The van der Waals surface area contributed by atoms with E-state index in [2.05, 4.69) is 0 Å². The first-order valence-electron chi connectivity index (χ1n) is 7.62. The maximum atomic E-state index is 13.3. The molecule has 24 heavy (non-hydrogen) atoms. The minimum atomic E-state index is -0.976. The van der Waals surface area contributed by atoms with E-state index in [1.165, 1.54) is 18.2 Å². The molecule has 0 amide bonds. The Balaban J connectivity index is 2.02. The van der Waals surface area contributed by atoms with Gasteiger partial charge in [-0.05, 0) is 42.7 Å². The topological polar surface area (TPSA) is 59.3 Å². The van der Waals surface area contributed by atoms with Crippen LogP contribution in [-0.2, 0) is 24.2 Å². The van der Waals surface area contributed by atoms with Crippen LogP contribution in [0, 0.1) is 5.82 Å². The molecule has 0 saturated carbocycles. The summed E-state index contributed by atoms with van der Waals surface area (Å²) in [5.41, 5.74) is 1.89. The lowest BCUT2D eigenvalue weighted by atomic mass is 10.1. The van der Waals surface area contributed by atoms with Crippen molar-refractivity contribution in [3.8, 4) is 0 Å². The second-order valence-corrected chi connectivity index (χ2v) is 5.63. The molecule has 4 nitrogen and oxygen atoms in total. The third-order valence-electron chi connectivity index (χ3n) is 3.96. The minimum absolute atomic E-state index is 0.138. The standard InChI is InChI=1S/C19H16FNO3/c20-14-5-3-4-13(10-14)8-9-15-11-18(22)16-6-1-2-7-17(16)21(15)12-19(23)24/h1-7,10-11H,8-9,12H2,(H,23,24). The van der Waals surface area contributed by atoms with Crippen molar-refractivity contribution in [1.29, 1.82) is 0 Å². The number of halogens is 1. The Labute approximate surface area is 137 Å². The fourth-order valence-electron chi connectivity index (χ4n) is 2.87.